The van der Waals surface area contributed by atoms with Crippen molar-refractivity contribution in [1.29, 1.82) is 0 Å². The van der Waals surface area contributed by atoms with Gasteiger partial charge in [0, 0.05) is 22.8 Å². The number of halogens is 4. The Morgan fingerprint density at radius 1 is 1.15 bits per heavy atom. The van der Waals surface area contributed by atoms with Gasteiger partial charge in [-0.25, -0.2) is 0 Å². The highest BCUT2D eigenvalue weighted by atomic mass is 35.5. The summed E-state index contributed by atoms with van der Waals surface area (Å²) in [5.41, 5.74) is -0.348. The van der Waals surface area contributed by atoms with E-state index in [1.165, 1.54) is 12.1 Å². The first-order chi connectivity index (χ1) is 16.1. The number of thioether (sulfide) groups is 1. The van der Waals surface area contributed by atoms with Crippen LogP contribution < -0.4 is 10.6 Å². The highest BCUT2D eigenvalue weighted by Gasteiger charge is 2.30. The molecule has 2 N–H and O–H groups in total. The summed E-state index contributed by atoms with van der Waals surface area (Å²) < 4.78 is 40.3. The molecule has 0 aliphatic rings. The predicted molar refractivity (Wildman–Crippen MR) is 124 cm³/mol. The van der Waals surface area contributed by atoms with Crippen molar-refractivity contribution >= 4 is 40.9 Å². The zero-order valence-electron chi connectivity index (χ0n) is 18.2. The number of rotatable bonds is 8. The minimum Gasteiger partial charge on any atom is -0.342 e. The van der Waals surface area contributed by atoms with Crippen molar-refractivity contribution in [2.75, 3.05) is 11.1 Å². The molecule has 1 atom stereocenters. The summed E-state index contributed by atoms with van der Waals surface area (Å²) in [4.78, 5) is 24.8. The molecular formula is C22H21ClF3N5O2S. The van der Waals surface area contributed by atoms with Crippen LogP contribution in [0.25, 0.3) is 0 Å². The number of hydrogen-bond acceptors (Lipinski definition) is 5. The smallest absolute Gasteiger partial charge is 0.342 e. The van der Waals surface area contributed by atoms with Crippen LogP contribution >= 0.6 is 23.4 Å². The number of anilines is 1. The lowest BCUT2D eigenvalue weighted by Crippen LogP contribution is -2.28. The van der Waals surface area contributed by atoms with Gasteiger partial charge in [-0.15, -0.1) is 10.2 Å². The number of nitrogens with zero attached hydrogens (tertiary/aromatic N) is 3. The van der Waals surface area contributed by atoms with E-state index in [-0.39, 0.29) is 17.3 Å². The summed E-state index contributed by atoms with van der Waals surface area (Å²) in [5, 5.41) is 14.5. The van der Waals surface area contributed by atoms with Crippen LogP contribution in [-0.4, -0.2) is 32.3 Å². The van der Waals surface area contributed by atoms with E-state index in [2.05, 4.69) is 20.8 Å². The molecule has 7 nitrogen and oxygen atoms in total. The van der Waals surface area contributed by atoms with Crippen LogP contribution in [0.3, 0.4) is 0 Å². The lowest BCUT2D eigenvalue weighted by Gasteiger charge is -2.15. The number of carbonyl (C=O) groups is 2. The van der Waals surface area contributed by atoms with Crippen LogP contribution in [0.15, 0.2) is 53.7 Å². The van der Waals surface area contributed by atoms with Crippen LogP contribution in [0.2, 0.25) is 5.02 Å². The summed E-state index contributed by atoms with van der Waals surface area (Å²) in [6.07, 6.45) is -4.50. The molecule has 2 amide bonds. The number of alkyl halides is 3. The molecule has 0 fully saturated rings. The monoisotopic (exact) mass is 511 g/mol. The first-order valence-corrected chi connectivity index (χ1v) is 11.5. The highest BCUT2D eigenvalue weighted by molar-refractivity contribution is 7.99. The van der Waals surface area contributed by atoms with Crippen molar-refractivity contribution in [1.82, 2.24) is 20.1 Å². The van der Waals surface area contributed by atoms with Crippen LogP contribution in [-0.2, 0) is 17.5 Å². The summed E-state index contributed by atoms with van der Waals surface area (Å²) in [6, 6.07) is 10.4. The Morgan fingerprint density at radius 2 is 1.85 bits per heavy atom. The zero-order valence-corrected chi connectivity index (χ0v) is 19.8. The number of nitrogens with one attached hydrogen (secondary N) is 2. The van der Waals surface area contributed by atoms with Gasteiger partial charge in [-0.05, 0) is 56.3 Å². The van der Waals surface area contributed by atoms with E-state index in [4.69, 9.17) is 11.6 Å². The molecule has 12 heteroatoms. The number of hydrogen-bond donors (Lipinski definition) is 2. The second kappa shape index (κ2) is 10.9. The quantitative estimate of drug-likeness (QED) is 0.406. The predicted octanol–water partition coefficient (Wildman–Crippen LogP) is 5.19. The highest BCUT2D eigenvalue weighted by Crippen LogP contribution is 2.30. The number of aromatic nitrogens is 3. The number of amides is 2. The van der Waals surface area contributed by atoms with Crippen molar-refractivity contribution < 1.29 is 22.8 Å². The molecule has 0 radical (unpaired) electrons. The van der Waals surface area contributed by atoms with Crippen LogP contribution in [0, 0.1) is 0 Å². The maximum atomic E-state index is 12.9. The third-order valence-corrected chi connectivity index (χ3v) is 5.93. The van der Waals surface area contributed by atoms with Crippen LogP contribution in [0.1, 0.15) is 41.6 Å². The van der Waals surface area contributed by atoms with Crippen molar-refractivity contribution in [2.24, 2.45) is 0 Å². The van der Waals surface area contributed by atoms with Crippen molar-refractivity contribution in [3.63, 3.8) is 0 Å². The van der Waals surface area contributed by atoms with Crippen LogP contribution in [0.5, 0.6) is 0 Å². The molecule has 3 rings (SSSR count). The zero-order chi connectivity index (χ0) is 24.9. The maximum absolute atomic E-state index is 12.9. The minimum absolute atomic E-state index is 0.0524. The van der Waals surface area contributed by atoms with Gasteiger partial charge < -0.3 is 15.2 Å². The molecule has 0 bridgehead atoms. The third-order valence-electron chi connectivity index (χ3n) is 4.71. The van der Waals surface area contributed by atoms with E-state index in [1.807, 2.05) is 6.92 Å². The van der Waals surface area contributed by atoms with Gasteiger partial charge in [0.1, 0.15) is 0 Å². The summed E-state index contributed by atoms with van der Waals surface area (Å²) >= 11 is 6.94. The second-order valence-electron chi connectivity index (χ2n) is 7.20. The molecule has 1 heterocycles. The fourth-order valence-corrected chi connectivity index (χ4v) is 4.01. The molecule has 34 heavy (non-hydrogen) atoms. The van der Waals surface area contributed by atoms with Gasteiger partial charge in [-0.1, -0.05) is 29.4 Å². The maximum Gasteiger partial charge on any atom is 0.416 e. The Hall–Kier alpha value is -3.05. The summed E-state index contributed by atoms with van der Waals surface area (Å²) in [7, 11) is 0. The molecule has 0 aliphatic carbocycles. The first kappa shape index (κ1) is 25.6. The topological polar surface area (TPSA) is 88.9 Å². The molecule has 3 aromatic rings. The van der Waals surface area contributed by atoms with Gasteiger partial charge in [0.05, 0.1) is 17.4 Å². The van der Waals surface area contributed by atoms with E-state index in [0.717, 1.165) is 23.9 Å². The summed E-state index contributed by atoms with van der Waals surface area (Å²) in [6.45, 7) is 4.12. The van der Waals surface area contributed by atoms with E-state index >= 15 is 0 Å². The molecule has 0 saturated heterocycles. The fraction of sp³-hybridized carbons (Fsp3) is 0.273. The lowest BCUT2D eigenvalue weighted by atomic mass is 10.2. The third kappa shape index (κ3) is 6.51. The summed E-state index contributed by atoms with van der Waals surface area (Å²) in [5.74, 6) is -0.365. The Labute approximate surface area is 203 Å². The van der Waals surface area contributed by atoms with Crippen molar-refractivity contribution in [3.05, 3.63) is 70.5 Å². The van der Waals surface area contributed by atoms with Gasteiger partial charge in [-0.3, -0.25) is 9.59 Å². The standard InChI is InChI=1S/C22H21ClF3N5O2S/c1-3-31-19(13(2)27-20(33)14-7-9-16(23)10-8-14)29-30-21(31)34-12-18(32)28-17-6-4-5-15(11-17)22(24,25)26/h4-11,13H,3,12H2,1-2H3,(H,27,33)(H,28,32)/t13-/m0/s1. The Balaban J connectivity index is 1.62. The van der Waals surface area contributed by atoms with E-state index in [9.17, 15) is 22.8 Å². The molecule has 0 spiro atoms. The van der Waals surface area contributed by atoms with E-state index in [0.29, 0.717) is 28.1 Å². The fourth-order valence-electron chi connectivity index (χ4n) is 3.07. The van der Waals surface area contributed by atoms with Crippen molar-refractivity contribution in [3.8, 4) is 0 Å². The molecular weight excluding hydrogens is 491 g/mol. The molecule has 1 aromatic heterocycles. The van der Waals surface area contributed by atoms with Gasteiger partial charge >= 0.3 is 6.18 Å². The molecule has 2 aromatic carbocycles. The average Bonchev–Trinajstić information content (AvgIpc) is 3.21. The van der Waals surface area contributed by atoms with Crippen LogP contribution in [0.4, 0.5) is 18.9 Å². The lowest BCUT2D eigenvalue weighted by molar-refractivity contribution is -0.137. The number of carbonyl (C=O) groups excluding carboxylic acids is 2. The Bertz CT molecular complexity index is 1170. The molecule has 0 unspecified atom stereocenters. The van der Waals surface area contributed by atoms with Crippen molar-refractivity contribution in [2.45, 2.75) is 37.8 Å². The van der Waals surface area contributed by atoms with Gasteiger partial charge in [0.25, 0.3) is 5.91 Å². The largest absolute Gasteiger partial charge is 0.416 e. The Kier molecular flexibility index (Phi) is 8.21. The van der Waals surface area contributed by atoms with E-state index < -0.39 is 23.7 Å². The SMILES string of the molecule is CCn1c(SCC(=O)Nc2cccc(C(F)(F)F)c2)nnc1[C@H](C)NC(=O)c1ccc(Cl)cc1. The first-order valence-electron chi connectivity index (χ1n) is 10.2. The van der Waals surface area contributed by atoms with Gasteiger partial charge in [-0.2, -0.15) is 13.2 Å². The molecule has 0 saturated carbocycles. The minimum atomic E-state index is -4.50. The Morgan fingerprint density at radius 3 is 2.50 bits per heavy atom. The average molecular weight is 512 g/mol. The van der Waals surface area contributed by atoms with Gasteiger partial charge in [0.15, 0.2) is 11.0 Å². The second-order valence-corrected chi connectivity index (χ2v) is 8.58. The van der Waals surface area contributed by atoms with E-state index in [1.54, 1.807) is 35.8 Å². The normalized spacial score (nSPS) is 12.3. The van der Waals surface area contributed by atoms with Gasteiger partial charge in [0.2, 0.25) is 5.91 Å². The molecule has 0 aliphatic heterocycles. The number of benzene rings is 2. The molecule has 180 valence electrons.